The predicted octanol–water partition coefficient (Wildman–Crippen LogP) is 3.47. The highest BCUT2D eigenvalue weighted by Gasteiger charge is 2.27. The van der Waals surface area contributed by atoms with Gasteiger partial charge in [0.25, 0.3) is 5.91 Å². The predicted molar refractivity (Wildman–Crippen MR) is 104 cm³/mol. The lowest BCUT2D eigenvalue weighted by atomic mass is 9.93. The number of nitrogens with zero attached hydrogens (tertiary/aromatic N) is 5. The summed E-state index contributed by atoms with van der Waals surface area (Å²) in [6, 6.07) is 5.79. The molecule has 0 aliphatic carbocycles. The Kier molecular flexibility index (Phi) is 4.90. The van der Waals surface area contributed by atoms with Crippen LogP contribution in [0.15, 0.2) is 35.1 Å². The van der Waals surface area contributed by atoms with Crippen LogP contribution in [0.5, 0.6) is 0 Å². The van der Waals surface area contributed by atoms with Crippen LogP contribution in [-0.4, -0.2) is 44.0 Å². The van der Waals surface area contributed by atoms with Gasteiger partial charge in [-0.25, -0.2) is 9.97 Å². The van der Waals surface area contributed by atoms with Crippen LogP contribution >= 0.6 is 0 Å². The molecule has 144 valence electrons. The van der Waals surface area contributed by atoms with Crippen molar-refractivity contribution in [2.24, 2.45) is 0 Å². The lowest BCUT2D eigenvalue weighted by Crippen LogP contribution is -2.39. The number of carbonyl (C=O) groups is 1. The van der Waals surface area contributed by atoms with Gasteiger partial charge in [-0.05, 0) is 45.7 Å². The first-order valence-electron chi connectivity index (χ1n) is 9.51. The van der Waals surface area contributed by atoms with Gasteiger partial charge in [0, 0.05) is 48.2 Å². The number of aromatic nitrogens is 4. The smallest absolute Gasteiger partial charge is 0.272 e. The van der Waals surface area contributed by atoms with E-state index in [0.29, 0.717) is 18.1 Å². The van der Waals surface area contributed by atoms with Gasteiger partial charge in [-0.15, -0.1) is 0 Å². The van der Waals surface area contributed by atoms with Crippen molar-refractivity contribution in [1.82, 2.24) is 25.0 Å². The second-order valence-electron chi connectivity index (χ2n) is 7.25. The highest BCUT2D eigenvalue weighted by molar-refractivity contribution is 5.92. The molecule has 1 aliphatic heterocycles. The maximum atomic E-state index is 12.8. The quantitative estimate of drug-likeness (QED) is 0.695. The number of hydrogen-bond acceptors (Lipinski definition) is 6. The van der Waals surface area contributed by atoms with Crippen molar-refractivity contribution in [3.63, 3.8) is 0 Å². The molecule has 4 rings (SSSR count). The standard InChI is InChI=1S/C21H23N5O2/c1-13-20(14(2)28-25-13)16-6-7-18(23-11-16)17-5-4-10-26(12-17)21(27)19-8-9-22-15(3)24-19/h6-9,11,17H,4-5,10,12H2,1-3H3/t17-/m0/s1. The fraction of sp³-hybridized carbons (Fsp3) is 0.381. The number of rotatable bonds is 3. The summed E-state index contributed by atoms with van der Waals surface area (Å²) in [5.41, 5.74) is 4.32. The van der Waals surface area contributed by atoms with Crippen LogP contribution in [0.1, 0.15) is 52.2 Å². The summed E-state index contributed by atoms with van der Waals surface area (Å²) >= 11 is 0. The van der Waals surface area contributed by atoms with E-state index in [1.54, 1.807) is 19.2 Å². The second kappa shape index (κ2) is 7.50. The summed E-state index contributed by atoms with van der Waals surface area (Å²) < 4.78 is 5.25. The Morgan fingerprint density at radius 1 is 1.18 bits per heavy atom. The molecular weight excluding hydrogens is 354 g/mol. The highest BCUT2D eigenvalue weighted by Crippen LogP contribution is 2.30. The lowest BCUT2D eigenvalue weighted by molar-refractivity contribution is 0.0699. The second-order valence-corrected chi connectivity index (χ2v) is 7.25. The molecule has 1 amide bonds. The van der Waals surface area contributed by atoms with Gasteiger partial charge in [-0.2, -0.15) is 0 Å². The third-order valence-corrected chi connectivity index (χ3v) is 5.23. The highest BCUT2D eigenvalue weighted by atomic mass is 16.5. The van der Waals surface area contributed by atoms with E-state index < -0.39 is 0 Å². The van der Waals surface area contributed by atoms with Gasteiger partial charge >= 0.3 is 0 Å². The van der Waals surface area contributed by atoms with Crippen LogP contribution in [0, 0.1) is 20.8 Å². The molecule has 7 nitrogen and oxygen atoms in total. The van der Waals surface area contributed by atoms with Crippen molar-refractivity contribution in [2.45, 2.75) is 39.5 Å². The van der Waals surface area contributed by atoms with Crippen LogP contribution < -0.4 is 0 Å². The van der Waals surface area contributed by atoms with Crippen LogP contribution in [0.4, 0.5) is 0 Å². The van der Waals surface area contributed by atoms with Crippen LogP contribution in [-0.2, 0) is 0 Å². The van der Waals surface area contributed by atoms with Gasteiger partial charge < -0.3 is 9.42 Å². The maximum absolute atomic E-state index is 12.8. The molecule has 0 bridgehead atoms. The minimum absolute atomic E-state index is 0.0393. The molecule has 3 aromatic heterocycles. The first-order valence-corrected chi connectivity index (χ1v) is 9.51. The van der Waals surface area contributed by atoms with Crippen molar-refractivity contribution in [3.05, 3.63) is 59.3 Å². The number of likely N-dealkylation sites (tertiary alicyclic amines) is 1. The molecule has 0 unspecified atom stereocenters. The molecule has 0 N–H and O–H groups in total. The zero-order chi connectivity index (χ0) is 19.7. The monoisotopic (exact) mass is 377 g/mol. The van der Waals surface area contributed by atoms with Gasteiger partial charge in [0.15, 0.2) is 0 Å². The van der Waals surface area contributed by atoms with E-state index in [1.807, 2.05) is 24.9 Å². The summed E-state index contributed by atoms with van der Waals surface area (Å²) in [6.07, 6.45) is 5.47. The van der Waals surface area contributed by atoms with E-state index in [9.17, 15) is 4.79 Å². The van der Waals surface area contributed by atoms with Crippen molar-refractivity contribution in [3.8, 4) is 11.1 Å². The number of piperidine rings is 1. The maximum Gasteiger partial charge on any atom is 0.272 e. The van der Waals surface area contributed by atoms with Crippen LogP contribution in [0.3, 0.4) is 0 Å². The molecule has 4 heterocycles. The SMILES string of the molecule is Cc1nccc(C(=O)N2CCC[C@H](c3ccc(-c4c(C)noc4C)cn3)C2)n1. The van der Waals surface area contributed by atoms with E-state index in [0.717, 1.165) is 47.7 Å². The average Bonchev–Trinajstić information content (AvgIpc) is 3.06. The molecule has 0 aromatic carbocycles. The molecular formula is C21H23N5O2. The van der Waals surface area contributed by atoms with E-state index >= 15 is 0 Å². The van der Waals surface area contributed by atoms with Gasteiger partial charge in [-0.1, -0.05) is 11.2 Å². The van der Waals surface area contributed by atoms with E-state index in [1.165, 1.54) is 0 Å². The van der Waals surface area contributed by atoms with Gasteiger partial charge in [0.05, 0.1) is 5.69 Å². The zero-order valence-corrected chi connectivity index (χ0v) is 16.3. The van der Waals surface area contributed by atoms with Gasteiger partial charge in [0.1, 0.15) is 17.3 Å². The van der Waals surface area contributed by atoms with E-state index in [-0.39, 0.29) is 11.8 Å². The Labute approximate surface area is 163 Å². The zero-order valence-electron chi connectivity index (χ0n) is 16.3. The molecule has 0 radical (unpaired) electrons. The minimum atomic E-state index is -0.0393. The molecule has 0 spiro atoms. The molecule has 1 atom stereocenters. The Morgan fingerprint density at radius 3 is 2.71 bits per heavy atom. The van der Waals surface area contributed by atoms with Crippen molar-refractivity contribution < 1.29 is 9.32 Å². The summed E-state index contributed by atoms with van der Waals surface area (Å²) in [5.74, 6) is 1.58. The molecule has 1 aliphatic rings. The summed E-state index contributed by atoms with van der Waals surface area (Å²) in [6.45, 7) is 7.03. The van der Waals surface area contributed by atoms with Crippen LogP contribution in [0.25, 0.3) is 11.1 Å². The summed E-state index contributed by atoms with van der Waals surface area (Å²) in [7, 11) is 0. The molecule has 1 saturated heterocycles. The Morgan fingerprint density at radius 2 is 2.04 bits per heavy atom. The van der Waals surface area contributed by atoms with Crippen molar-refractivity contribution in [2.75, 3.05) is 13.1 Å². The number of aryl methyl sites for hydroxylation is 3. The largest absolute Gasteiger partial charge is 0.361 e. The summed E-state index contributed by atoms with van der Waals surface area (Å²) in [4.78, 5) is 27.7. The van der Waals surface area contributed by atoms with Crippen LogP contribution in [0.2, 0.25) is 0 Å². The fourth-order valence-electron chi connectivity index (χ4n) is 3.83. The molecule has 3 aromatic rings. The normalized spacial score (nSPS) is 17.0. The lowest BCUT2D eigenvalue weighted by Gasteiger charge is -2.32. The number of carbonyl (C=O) groups excluding carboxylic acids is 1. The topological polar surface area (TPSA) is 85.0 Å². The van der Waals surface area contributed by atoms with Gasteiger partial charge in [-0.3, -0.25) is 9.78 Å². The Bertz CT molecular complexity index is 977. The molecule has 28 heavy (non-hydrogen) atoms. The van der Waals surface area contributed by atoms with Crippen molar-refractivity contribution >= 4 is 5.91 Å². The first kappa shape index (κ1) is 18.3. The number of hydrogen-bond donors (Lipinski definition) is 0. The summed E-state index contributed by atoms with van der Waals surface area (Å²) in [5, 5.41) is 4.01. The number of amides is 1. The van der Waals surface area contributed by atoms with Gasteiger partial charge in [0.2, 0.25) is 0 Å². The molecule has 1 fully saturated rings. The van der Waals surface area contributed by atoms with Crippen molar-refractivity contribution in [1.29, 1.82) is 0 Å². The Balaban J connectivity index is 1.51. The fourth-order valence-corrected chi connectivity index (χ4v) is 3.83. The molecule has 0 saturated carbocycles. The minimum Gasteiger partial charge on any atom is -0.361 e. The first-order chi connectivity index (χ1) is 13.5. The third kappa shape index (κ3) is 3.52. The average molecular weight is 377 g/mol. The van der Waals surface area contributed by atoms with E-state index in [2.05, 4.69) is 32.2 Å². The van der Waals surface area contributed by atoms with E-state index in [4.69, 9.17) is 4.52 Å². The Hall–Kier alpha value is -3.09. The molecule has 7 heteroatoms. The third-order valence-electron chi connectivity index (χ3n) is 5.23. The number of pyridine rings is 1.